The maximum atomic E-state index is 13.0. The SMILES string of the molecule is COc1ccncc1-c1cccc(C(O)=C2C(=O)c3ccccc3S(=O)(=O)N2C)c1. The lowest BCUT2D eigenvalue weighted by molar-refractivity contribution is 0.100. The highest BCUT2D eigenvalue weighted by molar-refractivity contribution is 7.89. The molecule has 0 fully saturated rings. The molecule has 3 aromatic rings. The minimum Gasteiger partial charge on any atom is -0.505 e. The van der Waals surface area contributed by atoms with E-state index in [1.54, 1.807) is 62.0 Å². The van der Waals surface area contributed by atoms with Gasteiger partial charge in [0.1, 0.15) is 11.4 Å². The molecule has 7 nitrogen and oxygen atoms in total. The van der Waals surface area contributed by atoms with Gasteiger partial charge < -0.3 is 9.84 Å². The molecule has 0 unspecified atom stereocenters. The molecule has 1 N–H and O–H groups in total. The summed E-state index contributed by atoms with van der Waals surface area (Å²) in [5, 5.41) is 10.9. The third kappa shape index (κ3) is 3.02. The number of pyridine rings is 1. The number of aliphatic hydroxyl groups is 1. The number of carbonyl (C=O) groups is 1. The summed E-state index contributed by atoms with van der Waals surface area (Å²) in [5.41, 5.74) is 1.41. The first-order chi connectivity index (χ1) is 14.4. The van der Waals surface area contributed by atoms with Gasteiger partial charge >= 0.3 is 0 Å². The number of rotatable bonds is 3. The molecular formula is C22H18N2O5S. The molecule has 152 valence electrons. The largest absolute Gasteiger partial charge is 0.505 e. The second-order valence-corrected chi connectivity index (χ2v) is 8.59. The van der Waals surface area contributed by atoms with E-state index in [0.29, 0.717) is 22.4 Å². The quantitative estimate of drug-likeness (QED) is 0.513. The number of aliphatic hydroxyl groups excluding tert-OH is 1. The van der Waals surface area contributed by atoms with E-state index in [1.807, 2.05) is 0 Å². The molecule has 0 atom stereocenters. The standard InChI is InChI=1S/C22H18N2O5S/c1-24-20(22(26)16-8-3-4-9-19(16)30(24,27)28)21(25)15-7-5-6-14(12-15)17-13-23-11-10-18(17)29-2/h3-13,25H,1-2H3. The fraction of sp³-hybridized carbons (Fsp3) is 0.0909. The Morgan fingerprint density at radius 3 is 2.60 bits per heavy atom. The Morgan fingerprint density at radius 1 is 1.07 bits per heavy atom. The summed E-state index contributed by atoms with van der Waals surface area (Å²) in [7, 11) is -1.17. The Kier molecular flexibility index (Phi) is 4.79. The number of Topliss-reactive ketones (excluding diaryl/α,β-unsaturated/α-hetero) is 1. The summed E-state index contributed by atoms with van der Waals surface area (Å²) in [4.78, 5) is 17.1. The van der Waals surface area contributed by atoms with Crippen LogP contribution in [0.15, 0.2) is 77.6 Å². The zero-order valence-corrected chi connectivity index (χ0v) is 17.1. The number of likely N-dealkylation sites (N-methyl/N-ethyl adjacent to an activating group) is 1. The molecule has 2 aromatic carbocycles. The highest BCUT2D eigenvalue weighted by atomic mass is 32.2. The minimum absolute atomic E-state index is 0.0298. The van der Waals surface area contributed by atoms with E-state index < -0.39 is 21.6 Å². The second-order valence-electron chi connectivity index (χ2n) is 6.65. The molecular weight excluding hydrogens is 404 g/mol. The number of carbonyl (C=O) groups excluding carboxylic acids is 1. The van der Waals surface area contributed by atoms with E-state index in [1.165, 1.54) is 19.2 Å². The molecule has 0 radical (unpaired) electrons. The van der Waals surface area contributed by atoms with Crippen molar-refractivity contribution in [3.8, 4) is 16.9 Å². The topological polar surface area (TPSA) is 96.8 Å². The monoisotopic (exact) mass is 422 g/mol. The molecule has 0 saturated heterocycles. The molecule has 1 aromatic heterocycles. The molecule has 1 aliphatic heterocycles. The number of hydrogen-bond donors (Lipinski definition) is 1. The number of benzene rings is 2. The molecule has 8 heteroatoms. The van der Waals surface area contributed by atoms with Crippen LogP contribution >= 0.6 is 0 Å². The number of fused-ring (bicyclic) bond motifs is 1. The Hall–Kier alpha value is -3.65. The number of ether oxygens (including phenoxy) is 1. The second kappa shape index (κ2) is 7.31. The Balaban J connectivity index is 1.89. The van der Waals surface area contributed by atoms with E-state index in [9.17, 15) is 18.3 Å². The zero-order valence-electron chi connectivity index (χ0n) is 16.2. The predicted octanol–water partition coefficient (Wildman–Crippen LogP) is 3.50. The number of ketones is 1. The van der Waals surface area contributed by atoms with E-state index >= 15 is 0 Å². The lowest BCUT2D eigenvalue weighted by atomic mass is 10.0. The highest BCUT2D eigenvalue weighted by Crippen LogP contribution is 2.35. The summed E-state index contributed by atoms with van der Waals surface area (Å²) in [5.74, 6) is -0.397. The van der Waals surface area contributed by atoms with Crippen molar-refractivity contribution in [1.82, 2.24) is 9.29 Å². The Labute approximate surface area is 173 Å². The number of nitrogens with zero attached hydrogens (tertiary/aromatic N) is 2. The minimum atomic E-state index is -3.96. The first-order valence-electron chi connectivity index (χ1n) is 9.01. The molecule has 0 saturated carbocycles. The summed E-state index contributed by atoms with van der Waals surface area (Å²) < 4.78 is 31.9. The first kappa shape index (κ1) is 19.7. The number of aromatic nitrogens is 1. The fourth-order valence-corrected chi connectivity index (χ4v) is 4.82. The van der Waals surface area contributed by atoms with E-state index in [4.69, 9.17) is 4.74 Å². The van der Waals surface area contributed by atoms with Crippen LogP contribution in [0, 0.1) is 0 Å². The Bertz CT molecular complexity index is 1300. The maximum absolute atomic E-state index is 13.0. The van der Waals surface area contributed by atoms with E-state index in [2.05, 4.69) is 4.98 Å². The number of hydrogen-bond acceptors (Lipinski definition) is 6. The average Bonchev–Trinajstić information content (AvgIpc) is 2.78. The fourth-order valence-electron chi connectivity index (χ4n) is 3.42. The molecule has 4 rings (SSSR count). The lowest BCUT2D eigenvalue weighted by Gasteiger charge is -2.28. The lowest BCUT2D eigenvalue weighted by Crippen LogP contribution is -2.37. The molecule has 0 aliphatic carbocycles. The van der Waals surface area contributed by atoms with Gasteiger partial charge in [-0.05, 0) is 29.8 Å². The van der Waals surface area contributed by atoms with Crippen LogP contribution in [-0.2, 0) is 10.0 Å². The van der Waals surface area contributed by atoms with Crippen LogP contribution in [0.5, 0.6) is 5.75 Å². The zero-order chi connectivity index (χ0) is 21.5. The van der Waals surface area contributed by atoms with Crippen molar-refractivity contribution < 1.29 is 23.1 Å². The van der Waals surface area contributed by atoms with Gasteiger partial charge in [0.05, 0.1) is 12.0 Å². The molecule has 30 heavy (non-hydrogen) atoms. The van der Waals surface area contributed by atoms with Crippen LogP contribution in [0.3, 0.4) is 0 Å². The first-order valence-corrected chi connectivity index (χ1v) is 10.4. The predicted molar refractivity (Wildman–Crippen MR) is 111 cm³/mol. The van der Waals surface area contributed by atoms with Gasteiger partial charge in [0, 0.05) is 36.1 Å². The third-order valence-corrected chi connectivity index (χ3v) is 6.79. The van der Waals surface area contributed by atoms with Crippen molar-refractivity contribution in [2.45, 2.75) is 4.90 Å². The van der Waals surface area contributed by atoms with Gasteiger partial charge in [0.25, 0.3) is 10.0 Å². The van der Waals surface area contributed by atoms with Crippen LogP contribution in [0.1, 0.15) is 15.9 Å². The van der Waals surface area contributed by atoms with Crippen LogP contribution < -0.4 is 4.74 Å². The third-order valence-electron chi connectivity index (χ3n) is 4.97. The van der Waals surface area contributed by atoms with Crippen molar-refractivity contribution >= 4 is 21.6 Å². The van der Waals surface area contributed by atoms with Crippen molar-refractivity contribution in [3.63, 3.8) is 0 Å². The van der Waals surface area contributed by atoms with Crippen LogP contribution in [0.25, 0.3) is 16.9 Å². The Morgan fingerprint density at radius 2 is 1.83 bits per heavy atom. The molecule has 0 spiro atoms. The van der Waals surface area contributed by atoms with Gasteiger partial charge in [-0.2, -0.15) is 0 Å². The van der Waals surface area contributed by atoms with Crippen LogP contribution in [0.4, 0.5) is 0 Å². The molecule has 0 bridgehead atoms. The van der Waals surface area contributed by atoms with Crippen molar-refractivity contribution in [2.75, 3.05) is 14.2 Å². The maximum Gasteiger partial charge on any atom is 0.265 e. The van der Waals surface area contributed by atoms with Crippen LogP contribution in [-0.4, -0.2) is 42.8 Å². The number of sulfonamides is 1. The van der Waals surface area contributed by atoms with Gasteiger partial charge in [0.2, 0.25) is 5.78 Å². The van der Waals surface area contributed by atoms with Crippen LogP contribution in [0.2, 0.25) is 0 Å². The van der Waals surface area contributed by atoms with Gasteiger partial charge in [-0.25, -0.2) is 8.42 Å². The van der Waals surface area contributed by atoms with Gasteiger partial charge in [-0.1, -0.05) is 30.3 Å². The summed E-state index contributed by atoms with van der Waals surface area (Å²) in [6, 6.07) is 14.4. The highest BCUT2D eigenvalue weighted by Gasteiger charge is 2.39. The van der Waals surface area contributed by atoms with E-state index in [0.717, 1.165) is 4.31 Å². The average molecular weight is 422 g/mol. The smallest absolute Gasteiger partial charge is 0.265 e. The number of allylic oxidation sites excluding steroid dienone is 1. The van der Waals surface area contributed by atoms with Gasteiger partial charge in [-0.15, -0.1) is 0 Å². The van der Waals surface area contributed by atoms with Crippen molar-refractivity contribution in [1.29, 1.82) is 0 Å². The summed E-state index contributed by atoms with van der Waals surface area (Å²) >= 11 is 0. The van der Waals surface area contributed by atoms with Gasteiger partial charge in [0.15, 0.2) is 5.76 Å². The number of methoxy groups -OCH3 is 1. The normalized spacial score (nSPS) is 16.7. The molecule has 0 amide bonds. The van der Waals surface area contributed by atoms with E-state index in [-0.39, 0.29) is 16.2 Å². The van der Waals surface area contributed by atoms with Gasteiger partial charge in [-0.3, -0.25) is 14.1 Å². The van der Waals surface area contributed by atoms with Crippen molar-refractivity contribution in [3.05, 3.63) is 83.8 Å². The van der Waals surface area contributed by atoms with Crippen molar-refractivity contribution in [2.24, 2.45) is 0 Å². The summed E-state index contributed by atoms with van der Waals surface area (Å²) in [6.45, 7) is 0. The molecule has 1 aliphatic rings. The molecule has 2 heterocycles. The summed E-state index contributed by atoms with van der Waals surface area (Å²) in [6.07, 6.45) is 3.23.